The Morgan fingerprint density at radius 2 is 1.67 bits per heavy atom. The minimum atomic E-state index is -3.74. The second-order valence-corrected chi connectivity index (χ2v) is 8.30. The van der Waals surface area contributed by atoms with Crippen molar-refractivity contribution in [2.75, 3.05) is 28.0 Å². The van der Waals surface area contributed by atoms with Crippen molar-refractivity contribution in [3.63, 3.8) is 0 Å². The monoisotopic (exact) mass is 388 g/mol. The van der Waals surface area contributed by atoms with Gasteiger partial charge < -0.3 is 10.2 Å². The lowest BCUT2D eigenvalue weighted by molar-refractivity contribution is -0.114. The van der Waals surface area contributed by atoms with Gasteiger partial charge in [-0.25, -0.2) is 13.4 Å². The summed E-state index contributed by atoms with van der Waals surface area (Å²) in [6.45, 7) is 3.41. The standard InChI is InChI=1S/C19H24N4O3S/c1-15(24)21-16-6-9-18(10-7-16)27(25,26)22-19-11-8-17(14-20-19)23-12-4-2-3-5-13-23/h6-11,14H,2-5,12-13H2,1H3,(H,20,22)(H,21,24). The van der Waals surface area contributed by atoms with Crippen LogP contribution in [0.5, 0.6) is 0 Å². The molecule has 0 saturated carbocycles. The van der Waals surface area contributed by atoms with Crippen LogP contribution >= 0.6 is 0 Å². The Labute approximate surface area is 159 Å². The molecule has 0 bridgehead atoms. The normalized spacial score (nSPS) is 15.1. The van der Waals surface area contributed by atoms with E-state index in [9.17, 15) is 13.2 Å². The average molecular weight is 388 g/mol. The Hall–Kier alpha value is -2.61. The molecule has 1 fully saturated rings. The largest absolute Gasteiger partial charge is 0.370 e. The number of carbonyl (C=O) groups excluding carboxylic acids is 1. The molecule has 2 aromatic rings. The zero-order valence-corrected chi connectivity index (χ0v) is 16.1. The number of amides is 1. The summed E-state index contributed by atoms with van der Waals surface area (Å²) in [7, 11) is -3.74. The predicted molar refractivity (Wildman–Crippen MR) is 106 cm³/mol. The molecule has 27 heavy (non-hydrogen) atoms. The first-order chi connectivity index (χ1) is 12.9. The van der Waals surface area contributed by atoms with Crippen LogP contribution in [-0.4, -0.2) is 32.4 Å². The summed E-state index contributed by atoms with van der Waals surface area (Å²) in [5.41, 5.74) is 1.56. The van der Waals surface area contributed by atoms with Crippen molar-refractivity contribution in [2.45, 2.75) is 37.5 Å². The Kier molecular flexibility index (Phi) is 5.95. The molecule has 0 spiro atoms. The average Bonchev–Trinajstić information content (AvgIpc) is 2.91. The minimum Gasteiger partial charge on any atom is -0.370 e. The van der Waals surface area contributed by atoms with Gasteiger partial charge in [-0.15, -0.1) is 0 Å². The van der Waals surface area contributed by atoms with Crippen LogP contribution in [0.2, 0.25) is 0 Å². The zero-order valence-electron chi connectivity index (χ0n) is 15.3. The lowest BCUT2D eigenvalue weighted by Gasteiger charge is -2.22. The first-order valence-electron chi connectivity index (χ1n) is 9.05. The number of sulfonamides is 1. The van der Waals surface area contributed by atoms with Crippen LogP contribution in [0.1, 0.15) is 32.6 Å². The van der Waals surface area contributed by atoms with E-state index in [4.69, 9.17) is 0 Å². The third kappa shape index (κ3) is 5.19. The van der Waals surface area contributed by atoms with Crippen molar-refractivity contribution in [1.29, 1.82) is 0 Å². The van der Waals surface area contributed by atoms with Gasteiger partial charge in [0, 0.05) is 25.7 Å². The highest BCUT2D eigenvalue weighted by molar-refractivity contribution is 7.92. The van der Waals surface area contributed by atoms with Crippen molar-refractivity contribution in [1.82, 2.24) is 4.98 Å². The van der Waals surface area contributed by atoms with E-state index in [-0.39, 0.29) is 16.6 Å². The predicted octanol–water partition coefficient (Wildman–Crippen LogP) is 3.22. The van der Waals surface area contributed by atoms with E-state index >= 15 is 0 Å². The number of hydrogen-bond acceptors (Lipinski definition) is 5. The van der Waals surface area contributed by atoms with Crippen LogP contribution in [0.15, 0.2) is 47.5 Å². The molecule has 1 saturated heterocycles. The Morgan fingerprint density at radius 3 is 2.22 bits per heavy atom. The van der Waals surface area contributed by atoms with E-state index in [1.165, 1.54) is 44.7 Å². The van der Waals surface area contributed by atoms with Crippen molar-refractivity contribution >= 4 is 33.1 Å². The molecule has 1 aliphatic rings. The molecule has 0 unspecified atom stereocenters. The highest BCUT2D eigenvalue weighted by atomic mass is 32.2. The molecule has 0 radical (unpaired) electrons. The number of rotatable bonds is 5. The lowest BCUT2D eigenvalue weighted by atomic mass is 10.2. The molecule has 1 aromatic heterocycles. The molecule has 0 atom stereocenters. The van der Waals surface area contributed by atoms with Gasteiger partial charge in [-0.2, -0.15) is 0 Å². The molecular formula is C19H24N4O3S. The van der Waals surface area contributed by atoms with Crippen LogP contribution in [0.3, 0.4) is 0 Å². The maximum absolute atomic E-state index is 12.5. The topological polar surface area (TPSA) is 91.4 Å². The fraction of sp³-hybridized carbons (Fsp3) is 0.368. The SMILES string of the molecule is CC(=O)Nc1ccc(S(=O)(=O)Nc2ccc(N3CCCCCC3)cn2)cc1. The number of hydrogen-bond donors (Lipinski definition) is 2. The van der Waals surface area contributed by atoms with E-state index in [2.05, 4.69) is 19.9 Å². The van der Waals surface area contributed by atoms with E-state index < -0.39 is 10.0 Å². The molecule has 0 aliphatic carbocycles. The van der Waals surface area contributed by atoms with Gasteiger partial charge in [-0.3, -0.25) is 9.52 Å². The number of aromatic nitrogens is 1. The molecule has 1 amide bonds. The summed E-state index contributed by atoms with van der Waals surface area (Å²) >= 11 is 0. The van der Waals surface area contributed by atoms with Crippen LogP contribution < -0.4 is 14.9 Å². The molecule has 8 heteroatoms. The second-order valence-electron chi connectivity index (χ2n) is 6.61. The van der Waals surface area contributed by atoms with Crippen LogP contribution in [-0.2, 0) is 14.8 Å². The molecule has 1 aliphatic heterocycles. The van der Waals surface area contributed by atoms with Crippen molar-refractivity contribution < 1.29 is 13.2 Å². The van der Waals surface area contributed by atoms with Gasteiger partial charge >= 0.3 is 0 Å². The Morgan fingerprint density at radius 1 is 1.00 bits per heavy atom. The molecular weight excluding hydrogens is 364 g/mol. The Balaban J connectivity index is 1.69. The second kappa shape index (κ2) is 8.39. The maximum atomic E-state index is 12.5. The summed E-state index contributed by atoms with van der Waals surface area (Å²) < 4.78 is 27.5. The van der Waals surface area contributed by atoms with Gasteiger partial charge in [0.2, 0.25) is 5.91 Å². The molecule has 2 heterocycles. The summed E-state index contributed by atoms with van der Waals surface area (Å²) in [6.07, 6.45) is 6.56. The fourth-order valence-corrected chi connectivity index (χ4v) is 4.09. The third-order valence-electron chi connectivity index (χ3n) is 4.44. The van der Waals surface area contributed by atoms with Crippen molar-refractivity contribution in [3.05, 3.63) is 42.6 Å². The van der Waals surface area contributed by atoms with Gasteiger partial charge in [-0.1, -0.05) is 12.8 Å². The molecule has 7 nitrogen and oxygen atoms in total. The van der Waals surface area contributed by atoms with Gasteiger partial charge in [0.15, 0.2) is 0 Å². The number of nitrogens with one attached hydrogen (secondary N) is 2. The third-order valence-corrected chi connectivity index (χ3v) is 5.81. The molecule has 2 N–H and O–H groups in total. The summed E-state index contributed by atoms with van der Waals surface area (Å²) in [5, 5.41) is 2.60. The molecule has 144 valence electrons. The van der Waals surface area contributed by atoms with Gasteiger partial charge in [0.1, 0.15) is 5.82 Å². The van der Waals surface area contributed by atoms with Gasteiger partial charge in [-0.05, 0) is 49.2 Å². The number of benzene rings is 1. The summed E-state index contributed by atoms with van der Waals surface area (Å²) in [6, 6.07) is 9.57. The highest BCUT2D eigenvalue weighted by Gasteiger charge is 2.16. The van der Waals surface area contributed by atoms with Crippen molar-refractivity contribution in [2.24, 2.45) is 0 Å². The van der Waals surface area contributed by atoms with E-state index in [1.807, 2.05) is 6.07 Å². The Bertz CT molecular complexity index is 872. The van der Waals surface area contributed by atoms with Crippen molar-refractivity contribution in [3.8, 4) is 0 Å². The number of carbonyl (C=O) groups is 1. The number of nitrogens with zero attached hydrogens (tertiary/aromatic N) is 2. The number of pyridine rings is 1. The zero-order chi connectivity index (χ0) is 19.3. The first kappa shape index (κ1) is 19.2. The smallest absolute Gasteiger partial charge is 0.263 e. The van der Waals surface area contributed by atoms with Crippen LogP contribution in [0, 0.1) is 0 Å². The lowest BCUT2D eigenvalue weighted by Crippen LogP contribution is -2.24. The minimum absolute atomic E-state index is 0.106. The summed E-state index contributed by atoms with van der Waals surface area (Å²) in [5.74, 6) is 0.0666. The molecule has 3 rings (SSSR count). The van der Waals surface area contributed by atoms with Gasteiger partial charge in [0.05, 0.1) is 16.8 Å². The maximum Gasteiger partial charge on any atom is 0.263 e. The van der Waals surface area contributed by atoms with Gasteiger partial charge in [0.25, 0.3) is 10.0 Å². The van der Waals surface area contributed by atoms with E-state index in [1.54, 1.807) is 24.4 Å². The fourth-order valence-electron chi connectivity index (χ4n) is 3.08. The quantitative estimate of drug-likeness (QED) is 0.821. The van der Waals surface area contributed by atoms with E-state index in [0.717, 1.165) is 18.8 Å². The highest BCUT2D eigenvalue weighted by Crippen LogP contribution is 2.21. The van der Waals surface area contributed by atoms with E-state index in [0.29, 0.717) is 5.69 Å². The first-order valence-corrected chi connectivity index (χ1v) is 10.5. The summed E-state index contributed by atoms with van der Waals surface area (Å²) in [4.78, 5) is 17.7. The van der Waals surface area contributed by atoms with Crippen LogP contribution in [0.4, 0.5) is 17.2 Å². The van der Waals surface area contributed by atoms with Crippen LogP contribution in [0.25, 0.3) is 0 Å². The number of anilines is 3. The molecule has 1 aromatic carbocycles.